The van der Waals surface area contributed by atoms with E-state index in [1.54, 1.807) is 7.11 Å². The molecule has 5 heteroatoms. The molecule has 3 rings (SSSR count). The predicted molar refractivity (Wildman–Crippen MR) is 74.2 cm³/mol. The number of aryl methyl sites for hydroxylation is 1. The Morgan fingerprint density at radius 1 is 1.39 bits per heavy atom. The molecule has 0 fully saturated rings. The third kappa shape index (κ3) is 1.64. The summed E-state index contributed by atoms with van der Waals surface area (Å²) in [5, 5.41) is 1.89. The Balaban J connectivity index is 2.21. The first-order valence-electron chi connectivity index (χ1n) is 5.56. The van der Waals surface area contributed by atoms with Gasteiger partial charge in [0.15, 0.2) is 4.96 Å². The topological polar surface area (TPSA) is 52.5 Å². The van der Waals surface area contributed by atoms with Gasteiger partial charge in [0.05, 0.1) is 12.8 Å². The van der Waals surface area contributed by atoms with Crippen LogP contribution in [0.5, 0.6) is 5.75 Å². The predicted octanol–water partition coefficient (Wildman–Crippen LogP) is 2.96. The molecule has 1 aromatic carbocycles. The monoisotopic (exact) mass is 259 g/mol. The minimum absolute atomic E-state index is 0.709. The van der Waals surface area contributed by atoms with Crippen molar-refractivity contribution in [1.82, 2.24) is 9.38 Å². The van der Waals surface area contributed by atoms with E-state index in [0.29, 0.717) is 5.82 Å². The first kappa shape index (κ1) is 11.1. The Morgan fingerprint density at radius 3 is 2.94 bits per heavy atom. The third-order valence-electron chi connectivity index (χ3n) is 2.87. The lowest BCUT2D eigenvalue weighted by Gasteiger charge is -2.06. The fraction of sp³-hybridized carbons (Fsp3) is 0.154. The number of ether oxygens (including phenoxy) is 1. The lowest BCUT2D eigenvalue weighted by atomic mass is 10.1. The summed E-state index contributed by atoms with van der Waals surface area (Å²) in [6.45, 7) is 2.05. The minimum Gasteiger partial charge on any atom is -0.496 e. The summed E-state index contributed by atoms with van der Waals surface area (Å²) in [5.41, 5.74) is 8.92. The molecule has 0 bridgehead atoms. The number of rotatable bonds is 2. The fourth-order valence-electron chi connectivity index (χ4n) is 1.95. The standard InChI is InChI=1S/C13H13N3OS/c1-8-3-4-11(17-2)9(5-8)10-6-16-12(14)7-18-13(16)15-10/h3-7H,14H2,1-2H3. The molecular formula is C13H13N3OS. The number of methoxy groups -OCH3 is 1. The number of aromatic nitrogens is 2. The van der Waals surface area contributed by atoms with Gasteiger partial charge in [-0.15, -0.1) is 11.3 Å². The number of anilines is 1. The summed E-state index contributed by atoms with van der Waals surface area (Å²) in [5.74, 6) is 1.53. The van der Waals surface area contributed by atoms with Crippen molar-refractivity contribution < 1.29 is 4.74 Å². The number of hydrogen-bond acceptors (Lipinski definition) is 4. The Labute approximate surface area is 109 Å². The van der Waals surface area contributed by atoms with Crippen molar-refractivity contribution in [2.75, 3.05) is 12.8 Å². The first-order chi connectivity index (χ1) is 8.69. The van der Waals surface area contributed by atoms with E-state index in [4.69, 9.17) is 10.5 Å². The van der Waals surface area contributed by atoms with E-state index in [2.05, 4.69) is 18.0 Å². The zero-order valence-corrected chi connectivity index (χ0v) is 11.0. The summed E-state index contributed by atoms with van der Waals surface area (Å²) in [4.78, 5) is 5.47. The maximum Gasteiger partial charge on any atom is 0.195 e. The maximum absolute atomic E-state index is 5.87. The summed E-state index contributed by atoms with van der Waals surface area (Å²) in [6.07, 6.45) is 1.94. The highest BCUT2D eigenvalue weighted by Gasteiger charge is 2.12. The van der Waals surface area contributed by atoms with Gasteiger partial charge in [-0.1, -0.05) is 11.6 Å². The smallest absolute Gasteiger partial charge is 0.195 e. The highest BCUT2D eigenvalue weighted by atomic mass is 32.1. The minimum atomic E-state index is 0.709. The number of nitrogens with two attached hydrogens (primary N) is 1. The molecule has 0 saturated carbocycles. The van der Waals surface area contributed by atoms with E-state index < -0.39 is 0 Å². The molecule has 92 valence electrons. The molecule has 0 saturated heterocycles. The van der Waals surface area contributed by atoms with E-state index in [1.807, 2.05) is 28.1 Å². The number of imidazole rings is 1. The van der Waals surface area contributed by atoms with Crippen molar-refractivity contribution in [3.63, 3.8) is 0 Å². The van der Waals surface area contributed by atoms with Crippen molar-refractivity contribution >= 4 is 22.1 Å². The highest BCUT2D eigenvalue weighted by molar-refractivity contribution is 7.15. The van der Waals surface area contributed by atoms with Gasteiger partial charge in [-0.25, -0.2) is 4.98 Å². The molecule has 0 aliphatic carbocycles. The summed E-state index contributed by atoms with van der Waals surface area (Å²) < 4.78 is 7.27. The van der Waals surface area contributed by atoms with Gasteiger partial charge >= 0.3 is 0 Å². The van der Waals surface area contributed by atoms with Crippen LogP contribution in [0, 0.1) is 6.92 Å². The zero-order valence-electron chi connectivity index (χ0n) is 10.2. The molecule has 2 aromatic heterocycles. The Bertz CT molecular complexity index is 714. The van der Waals surface area contributed by atoms with Crippen LogP contribution in [-0.4, -0.2) is 16.5 Å². The molecule has 0 aliphatic heterocycles. The van der Waals surface area contributed by atoms with E-state index in [-0.39, 0.29) is 0 Å². The van der Waals surface area contributed by atoms with Gasteiger partial charge in [-0.2, -0.15) is 0 Å². The molecule has 0 unspecified atom stereocenters. The largest absolute Gasteiger partial charge is 0.496 e. The molecule has 3 aromatic rings. The molecule has 4 nitrogen and oxygen atoms in total. The van der Waals surface area contributed by atoms with Gasteiger partial charge in [-0.3, -0.25) is 4.40 Å². The SMILES string of the molecule is COc1ccc(C)cc1-c1cn2c(N)csc2n1. The van der Waals surface area contributed by atoms with Crippen molar-refractivity contribution in [3.05, 3.63) is 35.3 Å². The number of hydrogen-bond donors (Lipinski definition) is 1. The van der Waals surface area contributed by atoms with Crippen LogP contribution < -0.4 is 10.5 Å². The lowest BCUT2D eigenvalue weighted by molar-refractivity contribution is 0.416. The van der Waals surface area contributed by atoms with Crippen LogP contribution >= 0.6 is 11.3 Å². The van der Waals surface area contributed by atoms with Gasteiger partial charge < -0.3 is 10.5 Å². The van der Waals surface area contributed by atoms with Crippen molar-refractivity contribution in [1.29, 1.82) is 0 Å². The molecule has 18 heavy (non-hydrogen) atoms. The second kappa shape index (κ2) is 4.03. The Kier molecular flexibility index (Phi) is 2.48. The van der Waals surface area contributed by atoms with Crippen LogP contribution in [-0.2, 0) is 0 Å². The average molecular weight is 259 g/mol. The first-order valence-corrected chi connectivity index (χ1v) is 6.44. The Hall–Kier alpha value is -2.01. The van der Waals surface area contributed by atoms with Gasteiger partial charge in [0.2, 0.25) is 0 Å². The van der Waals surface area contributed by atoms with Crippen LogP contribution in [0.15, 0.2) is 29.8 Å². The second-order valence-electron chi connectivity index (χ2n) is 4.14. The Morgan fingerprint density at radius 2 is 2.22 bits per heavy atom. The number of nitrogen functional groups attached to an aromatic ring is 1. The van der Waals surface area contributed by atoms with E-state index >= 15 is 0 Å². The van der Waals surface area contributed by atoms with E-state index in [0.717, 1.165) is 22.0 Å². The molecule has 0 aliphatic rings. The summed E-state index contributed by atoms with van der Waals surface area (Å²) in [7, 11) is 1.67. The number of thiazole rings is 1. The van der Waals surface area contributed by atoms with Crippen molar-refractivity contribution in [2.24, 2.45) is 0 Å². The van der Waals surface area contributed by atoms with Crippen LogP contribution in [0.3, 0.4) is 0 Å². The van der Waals surface area contributed by atoms with Gasteiger partial charge in [0.1, 0.15) is 11.6 Å². The van der Waals surface area contributed by atoms with Gasteiger partial charge in [0, 0.05) is 17.1 Å². The molecule has 0 atom stereocenters. The molecule has 0 radical (unpaired) electrons. The van der Waals surface area contributed by atoms with Crippen LogP contribution in [0.4, 0.5) is 5.82 Å². The zero-order chi connectivity index (χ0) is 12.7. The van der Waals surface area contributed by atoms with Crippen LogP contribution in [0.2, 0.25) is 0 Å². The average Bonchev–Trinajstić information content (AvgIpc) is 2.92. The summed E-state index contributed by atoms with van der Waals surface area (Å²) in [6, 6.07) is 6.05. The number of fused-ring (bicyclic) bond motifs is 1. The highest BCUT2D eigenvalue weighted by Crippen LogP contribution is 2.32. The molecule has 0 spiro atoms. The molecule has 2 heterocycles. The van der Waals surface area contributed by atoms with Crippen LogP contribution in [0.1, 0.15) is 5.56 Å². The second-order valence-corrected chi connectivity index (χ2v) is 4.98. The number of benzene rings is 1. The summed E-state index contributed by atoms with van der Waals surface area (Å²) >= 11 is 1.53. The van der Waals surface area contributed by atoms with Crippen molar-refractivity contribution in [3.8, 4) is 17.0 Å². The number of nitrogens with zero attached hydrogens (tertiary/aromatic N) is 2. The van der Waals surface area contributed by atoms with E-state index in [9.17, 15) is 0 Å². The fourth-order valence-corrected chi connectivity index (χ4v) is 2.72. The molecule has 2 N–H and O–H groups in total. The maximum atomic E-state index is 5.87. The van der Waals surface area contributed by atoms with Crippen LogP contribution in [0.25, 0.3) is 16.2 Å². The molecular weight excluding hydrogens is 246 g/mol. The van der Waals surface area contributed by atoms with Crippen molar-refractivity contribution in [2.45, 2.75) is 6.92 Å². The normalized spacial score (nSPS) is 11.0. The lowest BCUT2D eigenvalue weighted by Crippen LogP contribution is -1.90. The third-order valence-corrected chi connectivity index (χ3v) is 3.73. The quantitative estimate of drug-likeness (QED) is 0.769. The van der Waals surface area contributed by atoms with Gasteiger partial charge in [-0.05, 0) is 19.1 Å². The van der Waals surface area contributed by atoms with E-state index in [1.165, 1.54) is 16.9 Å². The van der Waals surface area contributed by atoms with Gasteiger partial charge in [0.25, 0.3) is 0 Å². The molecule has 0 amide bonds.